The van der Waals surface area contributed by atoms with E-state index in [9.17, 15) is 23.2 Å². The first-order chi connectivity index (χ1) is 16.1. The molecule has 174 valence electrons. The molecule has 4 aromatic rings. The Labute approximate surface area is 199 Å². The Hall–Kier alpha value is -3.61. The molecule has 4 rings (SSSR count). The maximum absolute atomic E-state index is 11.6. The molecule has 6 heteroatoms. The molecule has 0 bridgehead atoms. The summed E-state index contributed by atoms with van der Waals surface area (Å²) in [5.41, 5.74) is 5.29. The third kappa shape index (κ3) is 4.83. The quantitative estimate of drug-likeness (QED) is 0.285. The maximum Gasteiger partial charge on any atom is 0.298 e. The van der Waals surface area contributed by atoms with Crippen LogP contribution in [0.2, 0.25) is 0 Å². The molecule has 0 aliphatic rings. The van der Waals surface area contributed by atoms with Crippen molar-refractivity contribution in [2.45, 2.75) is 30.6 Å². The van der Waals surface area contributed by atoms with E-state index in [0.29, 0.717) is 16.7 Å². The molecule has 0 aliphatic carbocycles. The van der Waals surface area contributed by atoms with Crippen LogP contribution in [0.3, 0.4) is 0 Å². The summed E-state index contributed by atoms with van der Waals surface area (Å²) in [5, 5.41) is 20.4. The molecule has 5 nitrogen and oxygen atoms in total. The third-order valence-electron chi connectivity index (χ3n) is 6.30. The molecule has 0 amide bonds. The minimum Gasteiger partial charge on any atom is -0.508 e. The smallest absolute Gasteiger partial charge is 0.298 e. The standard InChI is InChI=1S/C28H26O5S/c1-18(20-6-4-3-5-7-20)21-8-10-22(11-9-21)19(2)25-16-23(12-14-26(25)29)24-13-15-27(30)28(17-24)34(31,32)33/h3-19,29-30H,1-2H3,(H,31,32,33). The number of phenolic OH excluding ortho intramolecular Hbond substituents is 2. The molecular formula is C28H26O5S. The van der Waals surface area contributed by atoms with E-state index >= 15 is 0 Å². The Bertz CT molecular complexity index is 1410. The van der Waals surface area contributed by atoms with E-state index in [1.807, 2.05) is 25.1 Å². The molecule has 0 aromatic heterocycles. The molecule has 0 radical (unpaired) electrons. The van der Waals surface area contributed by atoms with Crippen molar-refractivity contribution in [3.05, 3.63) is 113 Å². The van der Waals surface area contributed by atoms with Gasteiger partial charge in [0.15, 0.2) is 0 Å². The van der Waals surface area contributed by atoms with Crippen LogP contribution in [0.15, 0.2) is 95.9 Å². The lowest BCUT2D eigenvalue weighted by molar-refractivity contribution is 0.443. The lowest BCUT2D eigenvalue weighted by atomic mass is 9.87. The summed E-state index contributed by atoms with van der Waals surface area (Å²) in [6, 6.07) is 27.6. The van der Waals surface area contributed by atoms with Crippen LogP contribution < -0.4 is 0 Å². The van der Waals surface area contributed by atoms with Crippen molar-refractivity contribution in [3.8, 4) is 22.6 Å². The van der Waals surface area contributed by atoms with Crippen LogP contribution in [0.25, 0.3) is 11.1 Å². The summed E-state index contributed by atoms with van der Waals surface area (Å²) in [6.45, 7) is 4.16. The zero-order valence-electron chi connectivity index (χ0n) is 18.9. The second-order valence-electron chi connectivity index (χ2n) is 8.45. The molecule has 2 unspecified atom stereocenters. The fraction of sp³-hybridized carbons (Fsp3) is 0.143. The van der Waals surface area contributed by atoms with Gasteiger partial charge in [0.1, 0.15) is 16.4 Å². The summed E-state index contributed by atoms with van der Waals surface area (Å²) in [4.78, 5) is -0.559. The molecule has 0 fully saturated rings. The van der Waals surface area contributed by atoms with Gasteiger partial charge in [0.05, 0.1) is 0 Å². The lowest BCUT2D eigenvalue weighted by Crippen LogP contribution is -2.00. The first kappa shape index (κ1) is 23.5. The summed E-state index contributed by atoms with van der Waals surface area (Å²) in [6.07, 6.45) is 0. The van der Waals surface area contributed by atoms with E-state index < -0.39 is 20.8 Å². The van der Waals surface area contributed by atoms with Crippen LogP contribution in [-0.4, -0.2) is 23.2 Å². The normalized spacial score (nSPS) is 13.4. The molecule has 0 saturated carbocycles. The average molecular weight is 475 g/mol. The number of aromatic hydroxyl groups is 2. The Morgan fingerprint density at radius 3 is 1.71 bits per heavy atom. The molecular weight excluding hydrogens is 448 g/mol. The fourth-order valence-corrected chi connectivity index (χ4v) is 4.78. The van der Waals surface area contributed by atoms with Gasteiger partial charge in [-0.2, -0.15) is 8.42 Å². The second-order valence-corrected chi connectivity index (χ2v) is 9.84. The average Bonchev–Trinajstić information content (AvgIpc) is 2.84. The number of hydrogen-bond donors (Lipinski definition) is 3. The van der Waals surface area contributed by atoms with Crippen LogP contribution in [0, 0.1) is 0 Å². The van der Waals surface area contributed by atoms with Gasteiger partial charge in [-0.1, -0.05) is 80.6 Å². The summed E-state index contributed by atoms with van der Waals surface area (Å²) >= 11 is 0. The van der Waals surface area contributed by atoms with Crippen LogP contribution in [0.1, 0.15) is 47.9 Å². The highest BCUT2D eigenvalue weighted by Gasteiger charge is 2.19. The molecule has 0 saturated heterocycles. The largest absolute Gasteiger partial charge is 0.508 e. The third-order valence-corrected chi connectivity index (χ3v) is 7.18. The summed E-state index contributed by atoms with van der Waals surface area (Å²) < 4.78 is 32.5. The van der Waals surface area contributed by atoms with Crippen molar-refractivity contribution in [1.82, 2.24) is 0 Å². The first-order valence-electron chi connectivity index (χ1n) is 10.9. The van der Waals surface area contributed by atoms with E-state index in [2.05, 4.69) is 43.3 Å². The molecule has 2 atom stereocenters. The van der Waals surface area contributed by atoms with Gasteiger partial charge in [0.2, 0.25) is 0 Å². The van der Waals surface area contributed by atoms with Crippen molar-refractivity contribution in [2.24, 2.45) is 0 Å². The predicted molar refractivity (Wildman–Crippen MR) is 133 cm³/mol. The van der Waals surface area contributed by atoms with Gasteiger partial charge < -0.3 is 10.2 Å². The maximum atomic E-state index is 11.6. The van der Waals surface area contributed by atoms with E-state index in [1.165, 1.54) is 23.3 Å². The van der Waals surface area contributed by atoms with Gasteiger partial charge in [-0.15, -0.1) is 0 Å². The van der Waals surface area contributed by atoms with E-state index in [1.54, 1.807) is 24.3 Å². The highest BCUT2D eigenvalue weighted by atomic mass is 32.2. The van der Waals surface area contributed by atoms with Gasteiger partial charge in [-0.3, -0.25) is 4.55 Å². The van der Waals surface area contributed by atoms with Crippen LogP contribution in [0.4, 0.5) is 0 Å². The van der Waals surface area contributed by atoms with Gasteiger partial charge in [-0.25, -0.2) is 0 Å². The molecule has 0 heterocycles. The first-order valence-corrected chi connectivity index (χ1v) is 12.4. The molecule has 3 N–H and O–H groups in total. The van der Waals surface area contributed by atoms with Crippen molar-refractivity contribution in [1.29, 1.82) is 0 Å². The number of rotatable bonds is 6. The summed E-state index contributed by atoms with van der Waals surface area (Å²) in [7, 11) is -4.57. The minimum absolute atomic E-state index is 0.126. The Morgan fingerprint density at radius 1 is 0.618 bits per heavy atom. The van der Waals surface area contributed by atoms with E-state index in [-0.39, 0.29) is 17.6 Å². The van der Waals surface area contributed by atoms with Crippen molar-refractivity contribution >= 4 is 10.1 Å². The fourth-order valence-electron chi connectivity index (χ4n) is 4.17. The summed E-state index contributed by atoms with van der Waals surface area (Å²) in [5.74, 6) is -0.261. The Kier molecular flexibility index (Phi) is 6.46. The topological polar surface area (TPSA) is 94.8 Å². The SMILES string of the molecule is CC(c1ccccc1)c1ccc(C(C)c2cc(-c3ccc(O)c(S(=O)(=O)O)c3)ccc2O)cc1. The zero-order chi connectivity index (χ0) is 24.5. The highest BCUT2D eigenvalue weighted by molar-refractivity contribution is 7.86. The van der Waals surface area contributed by atoms with Crippen LogP contribution in [0.5, 0.6) is 11.5 Å². The number of benzene rings is 4. The highest BCUT2D eigenvalue weighted by Crippen LogP contribution is 2.37. The monoisotopic (exact) mass is 474 g/mol. The van der Waals surface area contributed by atoms with E-state index in [0.717, 1.165) is 5.56 Å². The Morgan fingerprint density at radius 2 is 1.12 bits per heavy atom. The molecule has 0 spiro atoms. The van der Waals surface area contributed by atoms with Gasteiger partial charge >= 0.3 is 0 Å². The van der Waals surface area contributed by atoms with Crippen molar-refractivity contribution < 1.29 is 23.2 Å². The van der Waals surface area contributed by atoms with Crippen molar-refractivity contribution in [3.63, 3.8) is 0 Å². The Balaban J connectivity index is 1.65. The number of hydrogen-bond acceptors (Lipinski definition) is 4. The van der Waals surface area contributed by atoms with Gasteiger partial charge in [0, 0.05) is 17.4 Å². The van der Waals surface area contributed by atoms with Crippen LogP contribution >= 0.6 is 0 Å². The number of phenols is 2. The second kappa shape index (κ2) is 9.33. The van der Waals surface area contributed by atoms with Gasteiger partial charge in [0.25, 0.3) is 10.1 Å². The van der Waals surface area contributed by atoms with Gasteiger partial charge in [-0.05, 0) is 52.1 Å². The van der Waals surface area contributed by atoms with Crippen molar-refractivity contribution in [2.75, 3.05) is 0 Å². The van der Waals surface area contributed by atoms with E-state index in [4.69, 9.17) is 0 Å². The van der Waals surface area contributed by atoms with Crippen LogP contribution in [-0.2, 0) is 10.1 Å². The lowest BCUT2D eigenvalue weighted by Gasteiger charge is -2.18. The molecule has 4 aromatic carbocycles. The predicted octanol–water partition coefficient (Wildman–Crippen LogP) is 6.32. The molecule has 34 heavy (non-hydrogen) atoms. The minimum atomic E-state index is -4.57. The zero-order valence-corrected chi connectivity index (χ0v) is 19.7. The molecule has 0 aliphatic heterocycles.